The number of piperidine rings is 1. The van der Waals surface area contributed by atoms with Gasteiger partial charge in [0.1, 0.15) is 0 Å². The van der Waals surface area contributed by atoms with E-state index in [4.69, 9.17) is 4.98 Å². The molecule has 1 fully saturated rings. The van der Waals surface area contributed by atoms with Gasteiger partial charge in [-0.05, 0) is 50.1 Å². The molecule has 0 spiro atoms. The summed E-state index contributed by atoms with van der Waals surface area (Å²) >= 11 is 1.60. The van der Waals surface area contributed by atoms with E-state index in [2.05, 4.69) is 5.10 Å². The molecule has 0 radical (unpaired) electrons. The maximum absolute atomic E-state index is 13.3. The smallest absolute Gasteiger partial charge is 0.336 e. The first kappa shape index (κ1) is 23.2. The molecule has 1 amide bonds. The first-order chi connectivity index (χ1) is 16.7. The van der Waals surface area contributed by atoms with Crippen LogP contribution in [0.3, 0.4) is 0 Å². The topological polar surface area (TPSA) is 68.1 Å². The van der Waals surface area contributed by atoms with Crippen LogP contribution in [0.4, 0.5) is 13.2 Å². The Labute approximate surface area is 202 Å². The van der Waals surface area contributed by atoms with E-state index in [9.17, 15) is 22.8 Å². The van der Waals surface area contributed by atoms with Gasteiger partial charge in [-0.2, -0.15) is 18.3 Å². The van der Waals surface area contributed by atoms with Gasteiger partial charge in [-0.15, -0.1) is 11.3 Å². The highest BCUT2D eigenvalue weighted by Gasteiger charge is 2.32. The number of carbonyl (C=O) groups excluding carboxylic acids is 1. The number of rotatable bonds is 3. The van der Waals surface area contributed by atoms with E-state index in [1.54, 1.807) is 23.2 Å². The van der Waals surface area contributed by atoms with Gasteiger partial charge in [0.05, 0.1) is 26.5 Å². The van der Waals surface area contributed by atoms with Crippen molar-refractivity contribution >= 4 is 27.5 Å². The third-order valence-electron chi connectivity index (χ3n) is 6.10. The standard InChI is InChI=1S/C25H21F3N4O2S/c1-15-12-20(33)22(30-32(15)18-8-4-7-17(13-18)25(26,27)28)24(34)31-11-5-6-16(14-31)23-29-19-9-2-3-10-21(19)35-23/h2-4,7-10,12-13,16H,5-6,11,14H2,1H3. The molecule has 5 rings (SSSR count). The monoisotopic (exact) mass is 498 g/mol. The summed E-state index contributed by atoms with van der Waals surface area (Å²) in [6, 6.07) is 13.7. The minimum atomic E-state index is -4.52. The van der Waals surface area contributed by atoms with E-state index >= 15 is 0 Å². The summed E-state index contributed by atoms with van der Waals surface area (Å²) in [5.74, 6) is -0.484. The first-order valence-electron chi connectivity index (χ1n) is 11.1. The maximum atomic E-state index is 13.3. The van der Waals surface area contributed by atoms with Crippen molar-refractivity contribution in [2.24, 2.45) is 0 Å². The van der Waals surface area contributed by atoms with E-state index in [-0.39, 0.29) is 17.3 Å². The van der Waals surface area contributed by atoms with Crippen LogP contribution in [0, 0.1) is 6.92 Å². The third kappa shape index (κ3) is 4.58. The number of thiazole rings is 1. The Kier molecular flexibility index (Phi) is 5.92. The molecule has 0 saturated carbocycles. The van der Waals surface area contributed by atoms with Crippen molar-refractivity contribution in [2.45, 2.75) is 31.9 Å². The zero-order valence-corrected chi connectivity index (χ0v) is 19.6. The molecule has 1 unspecified atom stereocenters. The number of aryl methyl sites for hydroxylation is 1. The van der Waals surface area contributed by atoms with Crippen molar-refractivity contribution in [1.29, 1.82) is 0 Å². The van der Waals surface area contributed by atoms with Crippen LogP contribution in [-0.2, 0) is 6.18 Å². The predicted octanol–water partition coefficient (Wildman–Crippen LogP) is 5.19. The van der Waals surface area contributed by atoms with Crippen molar-refractivity contribution in [3.8, 4) is 5.69 Å². The average molecular weight is 499 g/mol. The molecule has 1 saturated heterocycles. The third-order valence-corrected chi connectivity index (χ3v) is 7.30. The van der Waals surface area contributed by atoms with Gasteiger partial charge in [0.25, 0.3) is 5.91 Å². The van der Waals surface area contributed by atoms with Crippen LogP contribution in [-0.4, -0.2) is 38.7 Å². The van der Waals surface area contributed by atoms with Crippen LogP contribution < -0.4 is 5.43 Å². The highest BCUT2D eigenvalue weighted by Crippen LogP contribution is 2.33. The van der Waals surface area contributed by atoms with Crippen LogP contribution in [0.25, 0.3) is 15.9 Å². The number of aromatic nitrogens is 3. The molecule has 2 aromatic heterocycles. The predicted molar refractivity (Wildman–Crippen MR) is 127 cm³/mol. The SMILES string of the molecule is Cc1cc(=O)c(C(=O)N2CCCC(c3nc4ccccc4s3)C2)nn1-c1cccc(C(F)(F)F)c1. The number of likely N-dealkylation sites (tertiary alicyclic amines) is 1. The summed E-state index contributed by atoms with van der Waals surface area (Å²) in [4.78, 5) is 32.3. The number of halogens is 3. The lowest BCUT2D eigenvalue weighted by Gasteiger charge is -2.31. The lowest BCUT2D eigenvalue weighted by molar-refractivity contribution is -0.137. The second-order valence-corrected chi connectivity index (χ2v) is 9.63. The van der Waals surface area contributed by atoms with Gasteiger partial charge >= 0.3 is 6.18 Å². The van der Waals surface area contributed by atoms with Gasteiger partial charge in [0.15, 0.2) is 5.69 Å². The van der Waals surface area contributed by atoms with Gasteiger partial charge in [-0.1, -0.05) is 18.2 Å². The number of alkyl halides is 3. The van der Waals surface area contributed by atoms with Crippen molar-refractivity contribution in [1.82, 2.24) is 19.7 Å². The van der Waals surface area contributed by atoms with Crippen LogP contribution in [0.5, 0.6) is 0 Å². The Morgan fingerprint density at radius 3 is 2.69 bits per heavy atom. The maximum Gasteiger partial charge on any atom is 0.416 e. The van der Waals surface area contributed by atoms with Crippen LogP contribution >= 0.6 is 11.3 Å². The first-order valence-corrected chi connectivity index (χ1v) is 12.0. The van der Waals surface area contributed by atoms with Crippen molar-refractivity contribution in [3.05, 3.63) is 86.8 Å². The normalized spacial score (nSPS) is 16.6. The number of amides is 1. The van der Waals surface area contributed by atoms with Crippen LogP contribution in [0.1, 0.15) is 45.5 Å². The minimum Gasteiger partial charge on any atom is -0.336 e. The molecule has 0 N–H and O–H groups in total. The molecule has 180 valence electrons. The molecule has 1 aliphatic heterocycles. The zero-order valence-electron chi connectivity index (χ0n) is 18.7. The number of nitrogens with zero attached hydrogens (tertiary/aromatic N) is 4. The van der Waals surface area contributed by atoms with Crippen LogP contribution in [0.15, 0.2) is 59.4 Å². The number of hydrogen-bond donors (Lipinski definition) is 0. The van der Waals surface area contributed by atoms with Crippen LogP contribution in [0.2, 0.25) is 0 Å². The van der Waals surface area contributed by atoms with E-state index in [1.165, 1.54) is 22.9 Å². The Balaban J connectivity index is 1.45. The summed E-state index contributed by atoms with van der Waals surface area (Å²) in [5, 5.41) is 5.15. The molecule has 6 nitrogen and oxygen atoms in total. The van der Waals surface area contributed by atoms with E-state index in [0.717, 1.165) is 40.2 Å². The number of para-hydroxylation sites is 1. The summed E-state index contributed by atoms with van der Waals surface area (Å²) in [6.07, 6.45) is -2.90. The number of carbonyl (C=O) groups is 1. The van der Waals surface area contributed by atoms with Gasteiger partial charge in [0.2, 0.25) is 5.43 Å². The lowest BCUT2D eigenvalue weighted by atomic mass is 9.98. The Morgan fingerprint density at radius 2 is 1.91 bits per heavy atom. The fourth-order valence-corrected chi connectivity index (χ4v) is 5.44. The van der Waals surface area contributed by atoms with Gasteiger partial charge in [-0.3, -0.25) is 9.59 Å². The van der Waals surface area contributed by atoms with Crippen molar-refractivity contribution < 1.29 is 18.0 Å². The lowest BCUT2D eigenvalue weighted by Crippen LogP contribution is -2.42. The molecular formula is C25H21F3N4O2S. The summed E-state index contributed by atoms with van der Waals surface area (Å²) in [6.45, 7) is 2.43. The molecule has 10 heteroatoms. The average Bonchev–Trinajstić information content (AvgIpc) is 3.28. The molecule has 1 atom stereocenters. The van der Waals surface area contributed by atoms with Gasteiger partial charge in [-0.25, -0.2) is 9.67 Å². The fourth-order valence-electron chi connectivity index (χ4n) is 4.35. The fraction of sp³-hybridized carbons (Fsp3) is 0.280. The van der Waals surface area contributed by atoms with E-state index < -0.39 is 23.1 Å². The summed E-state index contributed by atoms with van der Waals surface area (Å²) in [7, 11) is 0. The molecule has 35 heavy (non-hydrogen) atoms. The summed E-state index contributed by atoms with van der Waals surface area (Å²) in [5.41, 5.74) is -0.331. The van der Waals surface area contributed by atoms with E-state index in [1.807, 2.05) is 24.3 Å². The number of benzene rings is 2. The Bertz CT molecular complexity index is 1440. The highest BCUT2D eigenvalue weighted by atomic mass is 32.1. The molecule has 0 bridgehead atoms. The molecule has 3 heterocycles. The van der Waals surface area contributed by atoms with Crippen molar-refractivity contribution in [3.63, 3.8) is 0 Å². The second-order valence-electron chi connectivity index (χ2n) is 8.57. The molecule has 2 aromatic carbocycles. The van der Waals surface area contributed by atoms with E-state index in [0.29, 0.717) is 18.8 Å². The minimum absolute atomic E-state index is 0.0428. The molecule has 4 aromatic rings. The molecule has 1 aliphatic rings. The Hall–Kier alpha value is -3.53. The molecule has 0 aliphatic carbocycles. The second kappa shape index (κ2) is 8.92. The Morgan fingerprint density at radius 1 is 1.11 bits per heavy atom. The largest absolute Gasteiger partial charge is 0.416 e. The number of fused-ring (bicyclic) bond motifs is 1. The molecular weight excluding hydrogens is 477 g/mol. The quantitative estimate of drug-likeness (QED) is 0.390. The highest BCUT2D eigenvalue weighted by molar-refractivity contribution is 7.18. The van der Waals surface area contributed by atoms with Gasteiger partial charge < -0.3 is 4.90 Å². The summed E-state index contributed by atoms with van der Waals surface area (Å²) < 4.78 is 41.9. The van der Waals surface area contributed by atoms with Gasteiger partial charge in [0, 0.05) is 30.8 Å². The zero-order chi connectivity index (χ0) is 24.7. The van der Waals surface area contributed by atoms with Crippen molar-refractivity contribution in [2.75, 3.05) is 13.1 Å². The number of hydrogen-bond acceptors (Lipinski definition) is 5.